The molecule has 172 valence electrons. The molecule has 2 aromatic rings. The summed E-state index contributed by atoms with van der Waals surface area (Å²) >= 11 is 0. The summed E-state index contributed by atoms with van der Waals surface area (Å²) in [5.41, 5.74) is 2.67. The maximum atomic E-state index is 11.4. The number of morpholine rings is 1. The van der Waals surface area contributed by atoms with Crippen LogP contribution in [0.4, 0.5) is 11.5 Å². The molecule has 5 rings (SSSR count). The lowest BCUT2D eigenvalue weighted by Gasteiger charge is -2.38. The van der Waals surface area contributed by atoms with Crippen molar-refractivity contribution >= 4 is 11.5 Å². The maximum absolute atomic E-state index is 11.4. The van der Waals surface area contributed by atoms with Crippen molar-refractivity contribution in [2.45, 2.75) is 51.6 Å². The summed E-state index contributed by atoms with van der Waals surface area (Å²) in [5.74, 6) is 0.616. The van der Waals surface area contributed by atoms with Crippen LogP contribution in [0, 0.1) is 5.41 Å². The van der Waals surface area contributed by atoms with E-state index in [-0.39, 0.29) is 17.8 Å². The molecule has 1 aromatic heterocycles. The van der Waals surface area contributed by atoms with Crippen molar-refractivity contribution in [2.24, 2.45) is 0 Å². The van der Waals surface area contributed by atoms with E-state index in [2.05, 4.69) is 30.7 Å². The minimum absolute atomic E-state index is 0.0653. The largest absolute Gasteiger partial charge is 0.372 e. The number of hydrogen-bond acceptors (Lipinski definition) is 8. The van der Waals surface area contributed by atoms with Gasteiger partial charge in [-0.15, -0.1) is 0 Å². The van der Waals surface area contributed by atoms with E-state index >= 15 is 0 Å². The first-order chi connectivity index (χ1) is 15.4. The van der Waals surface area contributed by atoms with Crippen LogP contribution in [0.2, 0.25) is 0 Å². The zero-order valence-corrected chi connectivity index (χ0v) is 19.1. The monoisotopic (exact) mass is 439 g/mol. The lowest BCUT2D eigenvalue weighted by atomic mass is 10.1. The van der Waals surface area contributed by atoms with Gasteiger partial charge < -0.3 is 14.5 Å². The zero-order valence-electron chi connectivity index (χ0n) is 19.1. The van der Waals surface area contributed by atoms with E-state index in [1.807, 2.05) is 39.9 Å². The fraction of sp³-hybridized carbons (Fsp3) is 0.565. The van der Waals surface area contributed by atoms with Gasteiger partial charge >= 0.3 is 0 Å². The Morgan fingerprint density at radius 1 is 1.16 bits per heavy atom. The molecule has 2 fully saturated rings. The van der Waals surface area contributed by atoms with Crippen molar-refractivity contribution in [1.29, 1.82) is 5.41 Å². The SMILES string of the molecule is CC1CN(c2c(-c3ccccc3)nc(=N)n3c2N(O)N(C[C@@H]2CCCN2C)C3)CC(C)O1. The molecule has 3 aliphatic heterocycles. The third kappa shape index (κ3) is 3.79. The Balaban J connectivity index is 1.60. The number of aromatic nitrogens is 2. The van der Waals surface area contributed by atoms with E-state index in [0.717, 1.165) is 29.9 Å². The minimum Gasteiger partial charge on any atom is -0.372 e. The number of ether oxygens (including phenoxy) is 1. The number of hydrogen-bond donors (Lipinski definition) is 2. The van der Waals surface area contributed by atoms with Crippen LogP contribution in [0.5, 0.6) is 0 Å². The molecule has 32 heavy (non-hydrogen) atoms. The van der Waals surface area contributed by atoms with E-state index in [0.29, 0.717) is 38.2 Å². The Bertz CT molecular complexity index is 1020. The molecule has 0 amide bonds. The van der Waals surface area contributed by atoms with Gasteiger partial charge in [-0.1, -0.05) is 30.3 Å². The fourth-order valence-electron chi connectivity index (χ4n) is 5.28. The third-order valence-electron chi connectivity index (χ3n) is 6.80. The number of likely N-dealkylation sites (N-methyl/N-ethyl adjacent to an activating group) is 1. The predicted octanol–water partition coefficient (Wildman–Crippen LogP) is 2.12. The Kier molecular flexibility index (Phi) is 5.66. The van der Waals surface area contributed by atoms with Crippen LogP contribution in [0.3, 0.4) is 0 Å². The van der Waals surface area contributed by atoms with Crippen LogP contribution >= 0.6 is 0 Å². The zero-order chi connectivity index (χ0) is 22.4. The molecular weight excluding hydrogens is 406 g/mol. The number of benzene rings is 1. The van der Waals surface area contributed by atoms with Crippen molar-refractivity contribution in [3.63, 3.8) is 0 Å². The fourth-order valence-corrected chi connectivity index (χ4v) is 5.28. The van der Waals surface area contributed by atoms with Gasteiger partial charge in [0.15, 0.2) is 5.82 Å². The van der Waals surface area contributed by atoms with E-state index in [4.69, 9.17) is 15.1 Å². The average molecular weight is 440 g/mol. The van der Waals surface area contributed by atoms with Gasteiger partial charge in [-0.3, -0.25) is 15.2 Å². The molecule has 0 spiro atoms. The van der Waals surface area contributed by atoms with Crippen LogP contribution in [0.25, 0.3) is 11.3 Å². The van der Waals surface area contributed by atoms with Crippen LogP contribution in [-0.2, 0) is 11.4 Å². The number of fused-ring (bicyclic) bond motifs is 1. The molecule has 2 saturated heterocycles. The van der Waals surface area contributed by atoms with Crippen molar-refractivity contribution in [2.75, 3.05) is 43.3 Å². The van der Waals surface area contributed by atoms with Gasteiger partial charge in [-0.2, -0.15) is 10.2 Å². The minimum atomic E-state index is 0.0653. The summed E-state index contributed by atoms with van der Waals surface area (Å²) in [6, 6.07) is 10.4. The second-order valence-corrected chi connectivity index (χ2v) is 9.31. The van der Waals surface area contributed by atoms with E-state index in [1.54, 1.807) is 0 Å². The molecule has 0 aliphatic carbocycles. The number of hydrazine groups is 1. The van der Waals surface area contributed by atoms with Gasteiger partial charge in [0.2, 0.25) is 5.62 Å². The molecular formula is C23H33N7O2. The first kappa shape index (κ1) is 21.4. The highest BCUT2D eigenvalue weighted by atomic mass is 16.6. The normalized spacial score (nSPS) is 26.7. The van der Waals surface area contributed by atoms with Crippen molar-refractivity contribution < 1.29 is 9.94 Å². The summed E-state index contributed by atoms with van der Waals surface area (Å²) in [6.07, 6.45) is 2.43. The smallest absolute Gasteiger partial charge is 0.225 e. The van der Waals surface area contributed by atoms with Crippen LogP contribution in [0.15, 0.2) is 30.3 Å². The quantitative estimate of drug-likeness (QED) is 0.755. The summed E-state index contributed by atoms with van der Waals surface area (Å²) in [5, 5.41) is 23.2. The van der Waals surface area contributed by atoms with Gasteiger partial charge in [0.25, 0.3) is 0 Å². The molecule has 9 heteroatoms. The van der Waals surface area contributed by atoms with Gasteiger partial charge in [0.1, 0.15) is 18.1 Å². The molecule has 1 aromatic carbocycles. The molecule has 3 atom stereocenters. The second kappa shape index (κ2) is 8.47. The first-order valence-electron chi connectivity index (χ1n) is 11.5. The van der Waals surface area contributed by atoms with Crippen LogP contribution in [0.1, 0.15) is 26.7 Å². The highest BCUT2D eigenvalue weighted by Gasteiger charge is 2.38. The first-order valence-corrected chi connectivity index (χ1v) is 11.5. The topological polar surface area (TPSA) is 84.1 Å². The molecule has 3 aliphatic rings. The highest BCUT2D eigenvalue weighted by molar-refractivity contribution is 5.84. The van der Waals surface area contributed by atoms with Crippen molar-refractivity contribution in [1.82, 2.24) is 19.5 Å². The van der Waals surface area contributed by atoms with Crippen molar-refractivity contribution in [3.05, 3.63) is 36.0 Å². The summed E-state index contributed by atoms with van der Waals surface area (Å²) in [7, 11) is 2.14. The number of nitrogens with one attached hydrogen (secondary N) is 1. The summed E-state index contributed by atoms with van der Waals surface area (Å²) in [4.78, 5) is 9.34. The number of likely N-dealkylation sites (tertiary alicyclic amines) is 1. The Hall–Kier alpha value is -2.46. The predicted molar refractivity (Wildman–Crippen MR) is 122 cm³/mol. The Labute approximate surface area is 188 Å². The highest BCUT2D eigenvalue weighted by Crippen LogP contribution is 2.40. The third-order valence-corrected chi connectivity index (χ3v) is 6.80. The Morgan fingerprint density at radius 2 is 1.88 bits per heavy atom. The molecule has 0 bridgehead atoms. The molecule has 0 saturated carbocycles. The van der Waals surface area contributed by atoms with Crippen LogP contribution in [-0.4, -0.2) is 76.1 Å². The second-order valence-electron chi connectivity index (χ2n) is 9.31. The summed E-state index contributed by atoms with van der Waals surface area (Å²) < 4.78 is 7.78. The van der Waals surface area contributed by atoms with Gasteiger partial charge in [-0.25, -0.2) is 4.98 Å². The molecule has 9 nitrogen and oxygen atoms in total. The number of anilines is 2. The van der Waals surface area contributed by atoms with Crippen molar-refractivity contribution in [3.8, 4) is 11.3 Å². The lowest BCUT2D eigenvalue weighted by Crippen LogP contribution is -2.47. The number of nitrogens with zero attached hydrogens (tertiary/aromatic N) is 6. The Morgan fingerprint density at radius 3 is 2.53 bits per heavy atom. The molecule has 0 radical (unpaired) electrons. The van der Waals surface area contributed by atoms with Crippen LogP contribution < -0.4 is 15.7 Å². The van der Waals surface area contributed by atoms with E-state index in [1.165, 1.54) is 11.6 Å². The molecule has 2 unspecified atom stereocenters. The molecule has 2 N–H and O–H groups in total. The van der Waals surface area contributed by atoms with E-state index in [9.17, 15) is 5.21 Å². The molecule has 4 heterocycles. The van der Waals surface area contributed by atoms with E-state index < -0.39 is 0 Å². The van der Waals surface area contributed by atoms with Gasteiger partial charge in [0.05, 0.1) is 12.2 Å². The van der Waals surface area contributed by atoms with Gasteiger partial charge in [-0.05, 0) is 40.3 Å². The standard InChI is InChI=1S/C23H33N7O2/c1-16-12-27(13-17(2)32-16)21-20(18-8-5-4-6-9-18)25-23(24)29-15-28(30(31)22(21)29)14-19-10-7-11-26(19)3/h4-6,8-9,16-17,19,24,31H,7,10-15H2,1-3H3/t16?,17?,19-/m0/s1. The van der Waals surface area contributed by atoms with Gasteiger partial charge in [0, 0.05) is 31.2 Å². The lowest BCUT2D eigenvalue weighted by molar-refractivity contribution is -0.00535. The number of rotatable bonds is 4. The average Bonchev–Trinajstić information content (AvgIpc) is 3.32. The maximum Gasteiger partial charge on any atom is 0.225 e. The summed E-state index contributed by atoms with van der Waals surface area (Å²) in [6.45, 7) is 7.77.